The van der Waals surface area contributed by atoms with Crippen LogP contribution in [0, 0.1) is 16.7 Å². The van der Waals surface area contributed by atoms with E-state index in [1.54, 1.807) is 0 Å². The number of carbonyl (C=O) groups excluding carboxylic acids is 1. The first-order valence-electron chi connectivity index (χ1n) is 4.54. The Hall–Kier alpha value is -1.04. The molecule has 0 aromatic rings. The van der Waals surface area contributed by atoms with Crippen LogP contribution in [0.4, 0.5) is 0 Å². The van der Waals surface area contributed by atoms with Gasteiger partial charge in [0.05, 0.1) is 6.07 Å². The number of hydrogen-bond donors (Lipinski definition) is 0. The molecule has 1 rings (SSSR count). The Morgan fingerprint density at radius 2 is 2.00 bits per heavy atom. The Morgan fingerprint density at radius 1 is 1.46 bits per heavy atom. The molecule has 0 radical (unpaired) electrons. The zero-order valence-electron chi connectivity index (χ0n) is 8.39. The van der Waals surface area contributed by atoms with E-state index in [9.17, 15) is 4.79 Å². The normalized spacial score (nSPS) is 19.8. The van der Waals surface area contributed by atoms with E-state index < -0.39 is 11.0 Å². The van der Waals surface area contributed by atoms with Crippen molar-refractivity contribution in [3.63, 3.8) is 0 Å². The second-order valence-electron chi connectivity index (χ2n) is 4.55. The maximum Gasteiger partial charge on any atom is 0.327 e. The molecule has 0 aromatic heterocycles. The maximum absolute atomic E-state index is 11.5. The van der Waals surface area contributed by atoms with Crippen LogP contribution in [0.5, 0.6) is 0 Å². The van der Waals surface area contributed by atoms with Crippen molar-refractivity contribution < 1.29 is 9.53 Å². The molecular formula is C10H15NO2. The standard InChI is InChI=1S/C10H15NO2/c1-9(2,3)13-8(12)10(7-11)5-4-6-10/h4-6H2,1-3H3. The van der Waals surface area contributed by atoms with E-state index in [2.05, 4.69) is 6.07 Å². The lowest BCUT2D eigenvalue weighted by molar-refractivity contribution is -0.168. The van der Waals surface area contributed by atoms with Gasteiger partial charge < -0.3 is 4.74 Å². The van der Waals surface area contributed by atoms with E-state index in [1.807, 2.05) is 20.8 Å². The Bertz CT molecular complexity index is 253. The third kappa shape index (κ3) is 2.00. The molecule has 72 valence electrons. The summed E-state index contributed by atoms with van der Waals surface area (Å²) >= 11 is 0. The fourth-order valence-corrected chi connectivity index (χ4v) is 1.27. The highest BCUT2D eigenvalue weighted by Crippen LogP contribution is 2.42. The van der Waals surface area contributed by atoms with E-state index in [-0.39, 0.29) is 5.97 Å². The molecule has 0 saturated heterocycles. The summed E-state index contributed by atoms with van der Waals surface area (Å²) in [5.74, 6) is -0.353. The van der Waals surface area contributed by atoms with Gasteiger partial charge in [-0.25, -0.2) is 0 Å². The van der Waals surface area contributed by atoms with Gasteiger partial charge in [0.25, 0.3) is 0 Å². The lowest BCUT2D eigenvalue weighted by Gasteiger charge is -2.35. The molecule has 0 aliphatic heterocycles. The zero-order valence-corrected chi connectivity index (χ0v) is 8.39. The molecule has 0 N–H and O–H groups in total. The third-order valence-electron chi connectivity index (χ3n) is 2.21. The highest BCUT2D eigenvalue weighted by atomic mass is 16.6. The molecule has 0 spiro atoms. The number of nitrogens with zero attached hydrogens (tertiary/aromatic N) is 1. The van der Waals surface area contributed by atoms with Gasteiger partial charge in [-0.15, -0.1) is 0 Å². The molecule has 3 heteroatoms. The van der Waals surface area contributed by atoms with Gasteiger partial charge in [0.1, 0.15) is 5.60 Å². The molecule has 0 amide bonds. The van der Waals surface area contributed by atoms with E-state index in [0.717, 1.165) is 6.42 Å². The summed E-state index contributed by atoms with van der Waals surface area (Å²) in [6.45, 7) is 5.44. The number of carbonyl (C=O) groups is 1. The molecule has 0 aromatic carbocycles. The Balaban J connectivity index is 2.63. The first-order chi connectivity index (χ1) is 5.90. The smallest absolute Gasteiger partial charge is 0.327 e. The molecule has 1 fully saturated rings. The number of rotatable bonds is 1. The third-order valence-corrected chi connectivity index (χ3v) is 2.21. The highest BCUT2D eigenvalue weighted by Gasteiger charge is 2.47. The van der Waals surface area contributed by atoms with E-state index in [0.29, 0.717) is 12.8 Å². The van der Waals surface area contributed by atoms with Crippen LogP contribution in [-0.4, -0.2) is 11.6 Å². The van der Waals surface area contributed by atoms with Crippen molar-refractivity contribution in [2.24, 2.45) is 5.41 Å². The van der Waals surface area contributed by atoms with Crippen molar-refractivity contribution >= 4 is 5.97 Å². The van der Waals surface area contributed by atoms with Gasteiger partial charge in [0.2, 0.25) is 0 Å². The summed E-state index contributed by atoms with van der Waals surface area (Å²) in [7, 11) is 0. The van der Waals surface area contributed by atoms with Crippen molar-refractivity contribution in [2.75, 3.05) is 0 Å². The Labute approximate surface area is 78.7 Å². The first-order valence-corrected chi connectivity index (χ1v) is 4.54. The number of hydrogen-bond acceptors (Lipinski definition) is 3. The molecule has 0 unspecified atom stereocenters. The number of ether oxygens (including phenoxy) is 1. The molecule has 1 aliphatic carbocycles. The number of nitriles is 1. The quantitative estimate of drug-likeness (QED) is 0.581. The van der Waals surface area contributed by atoms with Gasteiger partial charge in [0.15, 0.2) is 5.41 Å². The maximum atomic E-state index is 11.5. The molecule has 1 saturated carbocycles. The predicted octanol–water partition coefficient (Wildman–Crippen LogP) is 2.02. The van der Waals surface area contributed by atoms with Gasteiger partial charge in [0, 0.05) is 0 Å². The fourth-order valence-electron chi connectivity index (χ4n) is 1.27. The van der Waals surface area contributed by atoms with Crippen LogP contribution >= 0.6 is 0 Å². The monoisotopic (exact) mass is 181 g/mol. The predicted molar refractivity (Wildman–Crippen MR) is 47.7 cm³/mol. The van der Waals surface area contributed by atoms with Crippen LogP contribution < -0.4 is 0 Å². The van der Waals surface area contributed by atoms with Crippen molar-refractivity contribution in [1.29, 1.82) is 5.26 Å². The van der Waals surface area contributed by atoms with Crippen molar-refractivity contribution in [3.8, 4) is 6.07 Å². The average Bonchev–Trinajstić information content (AvgIpc) is 1.80. The summed E-state index contributed by atoms with van der Waals surface area (Å²) in [4.78, 5) is 11.5. The minimum atomic E-state index is -0.826. The fraction of sp³-hybridized carbons (Fsp3) is 0.800. The summed E-state index contributed by atoms with van der Waals surface area (Å²) in [5.41, 5.74) is -1.32. The molecule has 0 atom stereocenters. The van der Waals surface area contributed by atoms with Gasteiger partial charge in [-0.1, -0.05) is 0 Å². The summed E-state index contributed by atoms with van der Waals surface area (Å²) in [5, 5.41) is 8.85. The highest BCUT2D eigenvalue weighted by molar-refractivity contribution is 5.81. The molecule has 3 nitrogen and oxygen atoms in total. The lowest BCUT2D eigenvalue weighted by atomic mass is 9.70. The van der Waals surface area contributed by atoms with Crippen molar-refractivity contribution in [2.45, 2.75) is 45.6 Å². The van der Waals surface area contributed by atoms with Crippen LogP contribution in [0.3, 0.4) is 0 Å². The lowest BCUT2D eigenvalue weighted by Crippen LogP contribution is -2.41. The van der Waals surface area contributed by atoms with Crippen molar-refractivity contribution in [3.05, 3.63) is 0 Å². The minimum Gasteiger partial charge on any atom is -0.459 e. The SMILES string of the molecule is CC(C)(C)OC(=O)C1(C#N)CCC1. The molecule has 0 bridgehead atoms. The van der Waals surface area contributed by atoms with Gasteiger partial charge in [-0.3, -0.25) is 4.79 Å². The van der Waals surface area contributed by atoms with E-state index >= 15 is 0 Å². The molecule has 0 heterocycles. The van der Waals surface area contributed by atoms with Crippen molar-refractivity contribution in [1.82, 2.24) is 0 Å². The summed E-state index contributed by atoms with van der Waals surface area (Å²) in [6.07, 6.45) is 2.25. The van der Waals surface area contributed by atoms with E-state index in [4.69, 9.17) is 10.00 Å². The minimum absolute atomic E-state index is 0.353. The molecular weight excluding hydrogens is 166 g/mol. The van der Waals surface area contributed by atoms with Gasteiger partial charge in [-0.05, 0) is 40.0 Å². The molecule has 1 aliphatic rings. The second kappa shape index (κ2) is 3.02. The van der Waals surface area contributed by atoms with Crippen LogP contribution in [0.1, 0.15) is 40.0 Å². The van der Waals surface area contributed by atoms with Gasteiger partial charge in [-0.2, -0.15) is 5.26 Å². The van der Waals surface area contributed by atoms with Gasteiger partial charge >= 0.3 is 5.97 Å². The topological polar surface area (TPSA) is 50.1 Å². The summed E-state index contributed by atoms with van der Waals surface area (Å²) in [6, 6.07) is 2.06. The van der Waals surface area contributed by atoms with Crippen LogP contribution in [0.25, 0.3) is 0 Å². The Kier molecular flexibility index (Phi) is 2.34. The van der Waals surface area contributed by atoms with Crippen LogP contribution in [0.15, 0.2) is 0 Å². The summed E-state index contributed by atoms with van der Waals surface area (Å²) < 4.78 is 5.17. The first kappa shape index (κ1) is 10.0. The molecule has 13 heavy (non-hydrogen) atoms. The number of esters is 1. The second-order valence-corrected chi connectivity index (χ2v) is 4.55. The average molecular weight is 181 g/mol. The largest absolute Gasteiger partial charge is 0.459 e. The van der Waals surface area contributed by atoms with E-state index in [1.165, 1.54) is 0 Å². The zero-order chi connectivity index (χ0) is 10.1. The van der Waals surface area contributed by atoms with Crippen LogP contribution in [-0.2, 0) is 9.53 Å². The van der Waals surface area contributed by atoms with Crippen LogP contribution in [0.2, 0.25) is 0 Å². The Morgan fingerprint density at radius 3 is 2.23 bits per heavy atom.